The van der Waals surface area contributed by atoms with Crippen LogP contribution < -0.4 is 5.73 Å². The van der Waals surface area contributed by atoms with Crippen LogP contribution in [0.4, 0.5) is 5.69 Å². The Morgan fingerprint density at radius 2 is 1.50 bits per heavy atom. The van der Waals surface area contributed by atoms with Gasteiger partial charge in [-0.1, -0.05) is 11.6 Å². The number of hydrogen-bond donors (Lipinski definition) is 3. The molecule has 0 amide bonds. The lowest BCUT2D eigenvalue weighted by Gasteiger charge is -2.11. The Morgan fingerprint density at radius 1 is 1.06 bits per heavy atom. The van der Waals surface area contributed by atoms with Crippen LogP contribution in [0, 0.1) is 7.14 Å². The Kier molecular flexibility index (Phi) is 4.23. The summed E-state index contributed by atoms with van der Waals surface area (Å²) in [7, 11) is 0. The number of carbonyl (C=O) groups is 2. The monoisotopic (exact) mass is 467 g/mol. The van der Waals surface area contributed by atoms with E-state index in [2.05, 4.69) is 0 Å². The number of nitrogen functional groups attached to an aromatic ring is 1. The average molecular weight is 467 g/mol. The van der Waals surface area contributed by atoms with E-state index in [1.165, 1.54) is 0 Å². The maximum Gasteiger partial charge on any atom is 0.338 e. The molecule has 0 bridgehead atoms. The molecular formula is C8H4ClI2NO4. The highest BCUT2D eigenvalue weighted by atomic mass is 127. The molecule has 5 nitrogen and oxygen atoms in total. The van der Waals surface area contributed by atoms with Crippen LogP contribution in [0.2, 0.25) is 5.02 Å². The van der Waals surface area contributed by atoms with Crippen LogP contribution in [-0.4, -0.2) is 22.2 Å². The Balaban J connectivity index is 3.80. The van der Waals surface area contributed by atoms with Crippen LogP contribution in [-0.2, 0) is 0 Å². The summed E-state index contributed by atoms with van der Waals surface area (Å²) in [6, 6.07) is 0. The van der Waals surface area contributed by atoms with E-state index < -0.39 is 11.9 Å². The molecule has 0 aromatic heterocycles. The van der Waals surface area contributed by atoms with Gasteiger partial charge in [-0.3, -0.25) is 0 Å². The zero-order valence-corrected chi connectivity index (χ0v) is 12.5. The van der Waals surface area contributed by atoms with E-state index in [4.69, 9.17) is 27.5 Å². The molecule has 0 heterocycles. The Hall–Kier alpha value is -0.290. The summed E-state index contributed by atoms with van der Waals surface area (Å²) in [6.45, 7) is 0. The van der Waals surface area contributed by atoms with Crippen molar-refractivity contribution in [2.45, 2.75) is 0 Å². The fraction of sp³-hybridized carbons (Fsp3) is 0. The van der Waals surface area contributed by atoms with Crippen molar-refractivity contribution in [2.75, 3.05) is 5.73 Å². The number of rotatable bonds is 2. The molecule has 86 valence electrons. The van der Waals surface area contributed by atoms with Crippen LogP contribution in [0.15, 0.2) is 0 Å². The van der Waals surface area contributed by atoms with Gasteiger partial charge >= 0.3 is 11.9 Å². The van der Waals surface area contributed by atoms with Crippen molar-refractivity contribution in [3.05, 3.63) is 23.3 Å². The number of anilines is 1. The summed E-state index contributed by atoms with van der Waals surface area (Å²) in [5, 5.41) is 17.8. The molecule has 0 aliphatic rings. The molecule has 0 fully saturated rings. The van der Waals surface area contributed by atoms with E-state index >= 15 is 0 Å². The second-order valence-corrected chi connectivity index (χ2v) is 5.25. The molecule has 1 aromatic carbocycles. The van der Waals surface area contributed by atoms with Crippen molar-refractivity contribution in [3.63, 3.8) is 0 Å². The molecule has 0 saturated heterocycles. The molecule has 4 N–H and O–H groups in total. The summed E-state index contributed by atoms with van der Waals surface area (Å²) in [5.41, 5.74) is 5.11. The Labute approximate surface area is 122 Å². The zero-order valence-electron chi connectivity index (χ0n) is 7.42. The molecule has 0 radical (unpaired) electrons. The standard InChI is InChI=1S/C8H4ClI2NO4/c9-3-1(7(13)14)4(10)2(8(15)16)5(11)6(3)12/h12H2,(H,13,14)(H,15,16). The molecule has 0 unspecified atom stereocenters. The topological polar surface area (TPSA) is 101 Å². The lowest BCUT2D eigenvalue weighted by Crippen LogP contribution is -2.13. The van der Waals surface area contributed by atoms with Gasteiger partial charge in [0.05, 0.1) is 25.4 Å². The number of hydrogen-bond acceptors (Lipinski definition) is 3. The van der Waals surface area contributed by atoms with Gasteiger partial charge in [-0.2, -0.15) is 0 Å². The van der Waals surface area contributed by atoms with Gasteiger partial charge in [0.25, 0.3) is 0 Å². The van der Waals surface area contributed by atoms with Gasteiger partial charge in [0.15, 0.2) is 0 Å². The average Bonchev–Trinajstić information content (AvgIpc) is 2.13. The Morgan fingerprint density at radius 3 is 1.88 bits per heavy atom. The molecular weight excluding hydrogens is 463 g/mol. The minimum atomic E-state index is -1.31. The van der Waals surface area contributed by atoms with Gasteiger partial charge in [-0.15, -0.1) is 0 Å². The highest BCUT2D eigenvalue weighted by Gasteiger charge is 2.26. The van der Waals surface area contributed by atoms with Crippen molar-refractivity contribution in [2.24, 2.45) is 0 Å². The summed E-state index contributed by atoms with van der Waals surface area (Å²) in [4.78, 5) is 21.9. The van der Waals surface area contributed by atoms with E-state index in [0.717, 1.165) is 0 Å². The number of aromatic carboxylic acids is 2. The maximum atomic E-state index is 11.0. The molecule has 0 spiro atoms. The van der Waals surface area contributed by atoms with E-state index in [1.807, 2.05) is 0 Å². The molecule has 0 aliphatic heterocycles. The lowest BCUT2D eigenvalue weighted by atomic mass is 10.1. The van der Waals surface area contributed by atoms with Crippen molar-refractivity contribution in [3.8, 4) is 0 Å². The second-order valence-electron chi connectivity index (χ2n) is 2.72. The molecule has 8 heteroatoms. The maximum absolute atomic E-state index is 11.0. The summed E-state index contributed by atoms with van der Waals surface area (Å²) in [5.74, 6) is -2.54. The van der Waals surface area contributed by atoms with Crippen LogP contribution >= 0.6 is 56.8 Å². The third kappa shape index (κ3) is 2.20. The molecule has 0 aliphatic carbocycles. The normalized spacial score (nSPS) is 10.2. The quantitative estimate of drug-likeness (QED) is 0.459. The lowest BCUT2D eigenvalue weighted by molar-refractivity contribution is 0.0694. The van der Waals surface area contributed by atoms with Crippen LogP contribution in [0.3, 0.4) is 0 Å². The van der Waals surface area contributed by atoms with Crippen molar-refractivity contribution < 1.29 is 19.8 Å². The number of carboxylic acids is 2. The van der Waals surface area contributed by atoms with E-state index in [0.29, 0.717) is 0 Å². The number of nitrogens with two attached hydrogens (primary N) is 1. The third-order valence-corrected chi connectivity index (χ3v) is 4.37. The van der Waals surface area contributed by atoms with E-state index in [1.54, 1.807) is 45.2 Å². The predicted octanol–water partition coefficient (Wildman–Crippen LogP) is 2.53. The first kappa shape index (κ1) is 13.8. The highest BCUT2D eigenvalue weighted by Crippen LogP contribution is 2.35. The summed E-state index contributed by atoms with van der Waals surface area (Å²) in [6.07, 6.45) is 0. The van der Waals surface area contributed by atoms with Crippen LogP contribution in [0.1, 0.15) is 20.7 Å². The van der Waals surface area contributed by atoms with Gasteiger partial charge in [0.2, 0.25) is 0 Å². The summed E-state index contributed by atoms with van der Waals surface area (Å²) < 4.78 is 0.311. The fourth-order valence-corrected chi connectivity index (χ4v) is 3.93. The van der Waals surface area contributed by atoms with Crippen molar-refractivity contribution in [1.29, 1.82) is 0 Å². The number of carboxylic acid groups (broad SMARTS) is 2. The molecule has 0 atom stereocenters. The molecule has 1 rings (SSSR count). The van der Waals surface area contributed by atoms with E-state index in [-0.39, 0.29) is 29.0 Å². The van der Waals surface area contributed by atoms with Gasteiger partial charge in [-0.05, 0) is 45.2 Å². The fourth-order valence-electron chi connectivity index (χ4n) is 1.06. The van der Waals surface area contributed by atoms with Gasteiger partial charge in [0.1, 0.15) is 0 Å². The number of halogens is 3. The second kappa shape index (κ2) is 4.92. The van der Waals surface area contributed by atoms with Crippen LogP contribution in [0.25, 0.3) is 0 Å². The molecule has 0 saturated carbocycles. The zero-order chi connectivity index (χ0) is 12.6. The first-order valence-electron chi connectivity index (χ1n) is 3.71. The predicted molar refractivity (Wildman–Crippen MR) is 75.2 cm³/mol. The SMILES string of the molecule is Nc1c(Cl)c(C(=O)O)c(I)c(C(=O)O)c1I. The van der Waals surface area contributed by atoms with Gasteiger partial charge < -0.3 is 15.9 Å². The Bertz CT molecular complexity index is 462. The first-order chi connectivity index (χ1) is 7.29. The molecule has 16 heavy (non-hydrogen) atoms. The summed E-state index contributed by atoms with van der Waals surface area (Å²) >= 11 is 9.12. The van der Waals surface area contributed by atoms with Crippen molar-refractivity contribution in [1.82, 2.24) is 0 Å². The minimum Gasteiger partial charge on any atom is -0.478 e. The van der Waals surface area contributed by atoms with E-state index in [9.17, 15) is 9.59 Å². The smallest absolute Gasteiger partial charge is 0.338 e. The van der Waals surface area contributed by atoms with Gasteiger partial charge in [0, 0.05) is 3.57 Å². The highest BCUT2D eigenvalue weighted by molar-refractivity contribution is 14.1. The third-order valence-electron chi connectivity index (χ3n) is 1.78. The largest absolute Gasteiger partial charge is 0.478 e. The minimum absolute atomic E-state index is 0.0301. The number of benzene rings is 1. The van der Waals surface area contributed by atoms with Crippen LogP contribution in [0.5, 0.6) is 0 Å². The first-order valence-corrected chi connectivity index (χ1v) is 6.25. The van der Waals surface area contributed by atoms with Crippen molar-refractivity contribution >= 4 is 74.4 Å². The molecule has 1 aromatic rings. The van der Waals surface area contributed by atoms with Gasteiger partial charge in [-0.25, -0.2) is 9.59 Å².